The van der Waals surface area contributed by atoms with Crippen molar-refractivity contribution in [1.82, 2.24) is 20.1 Å². The lowest BCUT2D eigenvalue weighted by molar-refractivity contribution is -0.122. The highest BCUT2D eigenvalue weighted by Crippen LogP contribution is 2.51. The maximum Gasteiger partial charge on any atom is 0.283 e. The fourth-order valence-electron chi connectivity index (χ4n) is 4.83. The molecule has 2 bridgehead atoms. The van der Waals surface area contributed by atoms with Crippen LogP contribution in [-0.2, 0) is 17.9 Å². The molecule has 0 radical (unpaired) electrons. The van der Waals surface area contributed by atoms with Gasteiger partial charge in [-0.3, -0.25) is 19.4 Å². The number of anilines is 1. The van der Waals surface area contributed by atoms with Gasteiger partial charge in [0.2, 0.25) is 5.91 Å². The molecule has 1 fully saturated rings. The summed E-state index contributed by atoms with van der Waals surface area (Å²) in [6, 6.07) is 3.33. The first-order chi connectivity index (χ1) is 16.1. The van der Waals surface area contributed by atoms with Gasteiger partial charge in [-0.05, 0) is 51.4 Å². The first kappa shape index (κ1) is 24.0. The molecule has 4 atom stereocenters. The summed E-state index contributed by atoms with van der Waals surface area (Å²) in [5.74, 6) is 6.71. The molecule has 34 heavy (non-hydrogen) atoms. The van der Waals surface area contributed by atoms with E-state index in [0.29, 0.717) is 33.5 Å². The number of aromatic nitrogens is 3. The Morgan fingerprint density at radius 3 is 2.85 bits per heavy atom. The molecule has 0 aliphatic heterocycles. The van der Waals surface area contributed by atoms with Gasteiger partial charge in [-0.15, -0.1) is 0 Å². The van der Waals surface area contributed by atoms with E-state index < -0.39 is 17.4 Å². The third-order valence-corrected chi connectivity index (χ3v) is 7.71. The molecule has 2 amide bonds. The van der Waals surface area contributed by atoms with Crippen molar-refractivity contribution in [3.8, 4) is 11.8 Å². The Hall–Kier alpha value is -3.19. The first-order valence-electron chi connectivity index (χ1n) is 11.1. The van der Waals surface area contributed by atoms with Gasteiger partial charge in [-0.25, -0.2) is 4.68 Å². The van der Waals surface area contributed by atoms with E-state index in [1.807, 2.05) is 0 Å². The standard InChI is InChI=1S/C24H27BrN6O3/c1-13-16-5-4-15(24(16,2)3)9-17(13)30-19-11-29-31(23(34)21(19)25)12-20(32)28-10-14-6-7-27-18(8-14)22(26)33/h6-8,11,13,15-17,30H,9-10,12H2,1-3H3,(H2,26,33)(H,28,32)/t13-,15+,16-,17?/m1/s1. The summed E-state index contributed by atoms with van der Waals surface area (Å²) in [6.45, 7) is 6.64. The average molecular weight is 527 g/mol. The van der Waals surface area contributed by atoms with E-state index in [9.17, 15) is 14.4 Å². The second kappa shape index (κ2) is 9.22. The molecule has 0 aromatic carbocycles. The molecule has 0 spiro atoms. The largest absolute Gasteiger partial charge is 0.380 e. The fraction of sp³-hybridized carbons (Fsp3) is 0.458. The summed E-state index contributed by atoms with van der Waals surface area (Å²) in [5, 5.41) is 10.4. The summed E-state index contributed by atoms with van der Waals surface area (Å²) in [4.78, 5) is 40.3. The molecule has 0 saturated heterocycles. The number of nitrogens with one attached hydrogen (secondary N) is 2. The van der Waals surface area contributed by atoms with Gasteiger partial charge in [0.05, 0.1) is 11.9 Å². The minimum absolute atomic E-state index is 0.118. The van der Waals surface area contributed by atoms with Crippen LogP contribution < -0.4 is 21.9 Å². The first-order valence-corrected chi connectivity index (χ1v) is 11.9. The van der Waals surface area contributed by atoms with Crippen LogP contribution in [0.15, 0.2) is 33.8 Å². The highest BCUT2D eigenvalue weighted by Gasteiger charge is 2.49. The van der Waals surface area contributed by atoms with Crippen molar-refractivity contribution in [2.75, 3.05) is 5.32 Å². The van der Waals surface area contributed by atoms with Gasteiger partial charge in [0, 0.05) is 30.6 Å². The van der Waals surface area contributed by atoms with Gasteiger partial charge < -0.3 is 16.4 Å². The summed E-state index contributed by atoms with van der Waals surface area (Å²) >= 11 is 3.38. The predicted molar refractivity (Wildman–Crippen MR) is 131 cm³/mol. The fourth-order valence-corrected chi connectivity index (χ4v) is 5.25. The normalized spacial score (nSPS) is 24.1. The second-order valence-corrected chi connectivity index (χ2v) is 10.3. The number of hydrogen-bond donors (Lipinski definition) is 3. The maximum atomic E-state index is 12.8. The molecular weight excluding hydrogens is 500 g/mol. The smallest absolute Gasteiger partial charge is 0.283 e. The van der Waals surface area contributed by atoms with Crippen LogP contribution in [0.3, 0.4) is 0 Å². The van der Waals surface area contributed by atoms with Crippen LogP contribution in [0, 0.1) is 35.0 Å². The molecule has 2 aliphatic carbocycles. The summed E-state index contributed by atoms with van der Waals surface area (Å²) in [6.07, 6.45) is 3.92. The molecule has 2 heterocycles. The second-order valence-electron chi connectivity index (χ2n) is 9.51. The molecule has 2 aromatic rings. The number of pyridine rings is 1. The monoisotopic (exact) mass is 526 g/mol. The molecule has 1 saturated carbocycles. The van der Waals surface area contributed by atoms with Crippen molar-refractivity contribution in [2.24, 2.45) is 28.9 Å². The SMILES string of the molecule is C[C@H]1C(Nc2cnn(CC(=O)NCc3ccnc(C(N)=O)c3)c(=O)c2Br)C[C@@H]2C#C[C@H]1C2(C)C. The molecule has 4 N–H and O–H groups in total. The number of carbonyl (C=O) groups is 2. The topological polar surface area (TPSA) is 132 Å². The predicted octanol–water partition coefficient (Wildman–Crippen LogP) is 1.91. The Morgan fingerprint density at radius 1 is 1.35 bits per heavy atom. The van der Waals surface area contributed by atoms with Crippen molar-refractivity contribution < 1.29 is 9.59 Å². The minimum atomic E-state index is -0.644. The lowest BCUT2D eigenvalue weighted by Crippen LogP contribution is -2.46. The summed E-state index contributed by atoms with van der Waals surface area (Å²) < 4.78 is 1.44. The number of halogens is 1. The van der Waals surface area contributed by atoms with E-state index in [-0.39, 0.29) is 30.2 Å². The van der Waals surface area contributed by atoms with Crippen molar-refractivity contribution in [3.05, 3.63) is 50.6 Å². The van der Waals surface area contributed by atoms with E-state index in [4.69, 9.17) is 5.73 Å². The minimum Gasteiger partial charge on any atom is -0.380 e. The maximum absolute atomic E-state index is 12.8. The Labute approximate surface area is 206 Å². The van der Waals surface area contributed by atoms with Gasteiger partial charge >= 0.3 is 0 Å². The lowest BCUT2D eigenvalue weighted by Gasteiger charge is -2.45. The number of hydrogen-bond acceptors (Lipinski definition) is 6. The van der Waals surface area contributed by atoms with Crippen LogP contribution in [0.5, 0.6) is 0 Å². The number of nitrogens with two attached hydrogens (primary N) is 1. The lowest BCUT2D eigenvalue weighted by atomic mass is 9.60. The Bertz CT molecular complexity index is 1260. The highest BCUT2D eigenvalue weighted by molar-refractivity contribution is 9.10. The zero-order valence-corrected chi connectivity index (χ0v) is 20.8. The van der Waals surface area contributed by atoms with Crippen LogP contribution >= 0.6 is 15.9 Å². The van der Waals surface area contributed by atoms with E-state index in [2.05, 4.69) is 69.3 Å². The third-order valence-electron chi connectivity index (χ3n) is 6.95. The molecular formula is C24H27BrN6O3. The zero-order valence-electron chi connectivity index (χ0n) is 19.3. The van der Waals surface area contributed by atoms with Crippen LogP contribution in [0.2, 0.25) is 0 Å². The molecule has 1 unspecified atom stereocenters. The quantitative estimate of drug-likeness (QED) is 0.472. The molecule has 2 aromatic heterocycles. The third kappa shape index (κ3) is 4.57. The number of primary amides is 1. The van der Waals surface area contributed by atoms with Gasteiger partial charge in [0.25, 0.3) is 11.5 Å². The zero-order chi connectivity index (χ0) is 24.6. The van der Waals surface area contributed by atoms with E-state index in [0.717, 1.165) is 11.1 Å². The molecule has 10 heteroatoms. The van der Waals surface area contributed by atoms with E-state index in [1.54, 1.807) is 12.3 Å². The molecule has 9 nitrogen and oxygen atoms in total. The van der Waals surface area contributed by atoms with Crippen molar-refractivity contribution in [2.45, 2.75) is 46.3 Å². The number of amides is 2. The van der Waals surface area contributed by atoms with Crippen molar-refractivity contribution in [3.63, 3.8) is 0 Å². The highest BCUT2D eigenvalue weighted by atomic mass is 79.9. The Balaban J connectivity index is 1.39. The molecule has 4 rings (SSSR count). The van der Waals surface area contributed by atoms with Crippen LogP contribution in [0.4, 0.5) is 5.69 Å². The van der Waals surface area contributed by atoms with Gasteiger partial charge in [-0.1, -0.05) is 32.6 Å². The molecule has 178 valence electrons. The van der Waals surface area contributed by atoms with Crippen molar-refractivity contribution in [1.29, 1.82) is 0 Å². The Morgan fingerprint density at radius 2 is 2.12 bits per heavy atom. The number of nitrogens with zero attached hydrogens (tertiary/aromatic N) is 3. The van der Waals surface area contributed by atoms with Gasteiger partial charge in [-0.2, -0.15) is 5.10 Å². The van der Waals surface area contributed by atoms with Crippen LogP contribution in [-0.4, -0.2) is 32.6 Å². The van der Waals surface area contributed by atoms with Crippen LogP contribution in [0.25, 0.3) is 0 Å². The number of carbonyl (C=O) groups excluding carboxylic acids is 2. The van der Waals surface area contributed by atoms with Gasteiger partial charge in [0.1, 0.15) is 16.7 Å². The summed E-state index contributed by atoms with van der Waals surface area (Å²) in [5.41, 5.74) is 6.36. The molecule has 2 aliphatic rings. The van der Waals surface area contributed by atoms with Crippen LogP contribution in [0.1, 0.15) is 43.2 Å². The van der Waals surface area contributed by atoms with E-state index in [1.165, 1.54) is 12.3 Å². The van der Waals surface area contributed by atoms with E-state index >= 15 is 0 Å². The average Bonchev–Trinajstić information content (AvgIpc) is 2.97. The van der Waals surface area contributed by atoms with Gasteiger partial charge in [0.15, 0.2) is 0 Å². The van der Waals surface area contributed by atoms with Crippen molar-refractivity contribution >= 4 is 33.4 Å². The number of fused-ring (bicyclic) bond motifs is 2. The summed E-state index contributed by atoms with van der Waals surface area (Å²) in [7, 11) is 0. The number of rotatable bonds is 7. The Kier molecular flexibility index (Phi) is 6.49.